The number of anilines is 2. The molecule has 0 aliphatic carbocycles. The Balaban J connectivity index is 1.83. The van der Waals surface area contributed by atoms with Crippen molar-refractivity contribution in [2.24, 2.45) is 0 Å². The number of aromatic nitrogens is 4. The molecule has 0 unspecified atom stereocenters. The highest BCUT2D eigenvalue weighted by molar-refractivity contribution is 7.89. The van der Waals surface area contributed by atoms with Crippen molar-refractivity contribution < 1.29 is 26.0 Å². The van der Waals surface area contributed by atoms with Crippen molar-refractivity contribution >= 4 is 33.3 Å². The van der Waals surface area contributed by atoms with Gasteiger partial charge in [0.15, 0.2) is 11.5 Å². The molecule has 188 valence electrons. The second kappa shape index (κ2) is 9.84. The Bertz CT molecular complexity index is 1530. The number of alkyl halides is 3. The minimum atomic E-state index is -4.69. The van der Waals surface area contributed by atoms with Crippen molar-refractivity contribution in [2.45, 2.75) is 18.0 Å². The molecular weight excluding hydrogens is 524 g/mol. The van der Waals surface area contributed by atoms with Gasteiger partial charge in [0.05, 0.1) is 9.92 Å². The summed E-state index contributed by atoms with van der Waals surface area (Å²) in [5, 5.41) is 6.24. The molecule has 0 fully saturated rings. The maximum Gasteiger partial charge on any atom is 0.435 e. The van der Waals surface area contributed by atoms with E-state index in [2.05, 4.69) is 25.1 Å². The molecule has 0 aliphatic heterocycles. The molecule has 0 spiro atoms. The van der Waals surface area contributed by atoms with Crippen LogP contribution in [0.1, 0.15) is 12.6 Å². The van der Waals surface area contributed by atoms with E-state index in [1.54, 1.807) is 13.0 Å². The van der Waals surface area contributed by atoms with E-state index in [1.807, 2.05) is 0 Å². The number of nitrogens with zero attached hydrogens (tertiary/aromatic N) is 4. The lowest BCUT2D eigenvalue weighted by atomic mass is 10.1. The predicted molar refractivity (Wildman–Crippen MR) is 125 cm³/mol. The highest BCUT2D eigenvalue weighted by atomic mass is 35.5. The predicted octanol–water partition coefficient (Wildman–Crippen LogP) is 5.18. The van der Waals surface area contributed by atoms with Gasteiger partial charge < -0.3 is 5.32 Å². The Labute approximate surface area is 208 Å². The zero-order chi connectivity index (χ0) is 26.1. The van der Waals surface area contributed by atoms with Crippen molar-refractivity contribution in [3.63, 3.8) is 0 Å². The number of hydrogen-bond donors (Lipinski definition) is 2. The van der Waals surface area contributed by atoms with Crippen LogP contribution in [0.3, 0.4) is 0 Å². The maximum atomic E-state index is 13.5. The van der Waals surface area contributed by atoms with Crippen molar-refractivity contribution in [2.75, 3.05) is 11.9 Å². The van der Waals surface area contributed by atoms with Crippen molar-refractivity contribution in [3.05, 3.63) is 77.5 Å². The first-order chi connectivity index (χ1) is 17.0. The molecule has 0 aliphatic rings. The van der Waals surface area contributed by atoms with Crippen LogP contribution >= 0.6 is 11.6 Å². The molecule has 0 amide bonds. The molecule has 2 heterocycles. The third-order valence-electron chi connectivity index (χ3n) is 4.83. The van der Waals surface area contributed by atoms with Gasteiger partial charge in [-0.2, -0.15) is 23.3 Å². The molecule has 0 radical (unpaired) electrons. The van der Waals surface area contributed by atoms with E-state index in [9.17, 15) is 26.0 Å². The normalized spacial score (nSPS) is 12.1. The summed E-state index contributed by atoms with van der Waals surface area (Å²) in [7, 11) is -3.81. The minimum absolute atomic E-state index is 0.0445. The van der Waals surface area contributed by atoms with Gasteiger partial charge in [-0.05, 0) is 42.0 Å². The summed E-state index contributed by atoms with van der Waals surface area (Å²) in [5.74, 6) is -0.742. The Morgan fingerprint density at radius 3 is 2.56 bits per heavy atom. The lowest BCUT2D eigenvalue weighted by Crippen LogP contribution is -2.23. The minimum Gasteiger partial charge on any atom is -0.324 e. The summed E-state index contributed by atoms with van der Waals surface area (Å²) >= 11 is 5.80. The lowest BCUT2D eigenvalue weighted by Gasteiger charge is -2.13. The molecule has 0 bridgehead atoms. The number of sulfonamides is 1. The van der Waals surface area contributed by atoms with Gasteiger partial charge in [0.1, 0.15) is 5.82 Å². The van der Waals surface area contributed by atoms with Crippen LogP contribution in [0.25, 0.3) is 16.9 Å². The molecule has 2 aromatic heterocycles. The van der Waals surface area contributed by atoms with Crippen LogP contribution in [0.5, 0.6) is 0 Å². The molecule has 36 heavy (non-hydrogen) atoms. The molecular formula is C22H17ClF4N6O2S. The molecule has 0 atom stereocenters. The smallest absolute Gasteiger partial charge is 0.324 e. The van der Waals surface area contributed by atoms with Crippen molar-refractivity contribution in [1.82, 2.24) is 24.5 Å². The van der Waals surface area contributed by atoms with E-state index in [-0.39, 0.29) is 33.8 Å². The molecule has 0 saturated heterocycles. The molecule has 14 heteroatoms. The van der Waals surface area contributed by atoms with Crippen LogP contribution in [0.2, 0.25) is 5.02 Å². The van der Waals surface area contributed by atoms with Crippen LogP contribution in [0, 0.1) is 5.82 Å². The van der Waals surface area contributed by atoms with Gasteiger partial charge in [0.2, 0.25) is 16.0 Å². The monoisotopic (exact) mass is 540 g/mol. The highest BCUT2D eigenvalue weighted by Crippen LogP contribution is 2.31. The Hall–Kier alpha value is -3.55. The maximum absolute atomic E-state index is 13.5. The van der Waals surface area contributed by atoms with Gasteiger partial charge in [-0.25, -0.2) is 27.2 Å². The quantitative estimate of drug-likeness (QED) is 0.313. The number of benzene rings is 2. The first kappa shape index (κ1) is 25.5. The van der Waals surface area contributed by atoms with E-state index in [1.165, 1.54) is 36.5 Å². The summed E-state index contributed by atoms with van der Waals surface area (Å²) in [4.78, 5) is 8.44. The van der Waals surface area contributed by atoms with Crippen LogP contribution in [0.15, 0.2) is 65.8 Å². The zero-order valence-corrected chi connectivity index (χ0v) is 20.0. The molecule has 4 aromatic rings. The van der Waals surface area contributed by atoms with Crippen LogP contribution in [-0.2, 0) is 16.2 Å². The largest absolute Gasteiger partial charge is 0.435 e. The summed E-state index contributed by atoms with van der Waals surface area (Å²) in [6.07, 6.45) is -2.31. The van der Waals surface area contributed by atoms with Crippen molar-refractivity contribution in [3.8, 4) is 16.9 Å². The van der Waals surface area contributed by atoms with Crippen molar-refractivity contribution in [1.29, 1.82) is 0 Å². The third kappa shape index (κ3) is 5.48. The standard InChI is InChI=1S/C22H17ClF4N6O2S/c1-2-29-36(34,35)15-5-3-4-13(10-15)16-12-28-21(30-14-6-7-18(24)17(23)11-14)31-20(16)33-9-8-19(32-33)22(25,26)27/h3-12,29H,2H2,1H3,(H,28,30,31). The summed E-state index contributed by atoms with van der Waals surface area (Å²) in [5.41, 5.74) is -0.280. The lowest BCUT2D eigenvalue weighted by molar-refractivity contribution is -0.141. The number of halogens is 5. The average molecular weight is 541 g/mol. The van der Waals surface area contributed by atoms with E-state index < -0.39 is 27.7 Å². The average Bonchev–Trinajstić information content (AvgIpc) is 3.33. The Kier molecular flexibility index (Phi) is 6.98. The van der Waals surface area contributed by atoms with E-state index in [0.29, 0.717) is 11.3 Å². The fourth-order valence-corrected chi connectivity index (χ4v) is 4.48. The number of nitrogens with one attached hydrogen (secondary N) is 2. The molecule has 4 rings (SSSR count). The van der Waals surface area contributed by atoms with E-state index >= 15 is 0 Å². The van der Waals surface area contributed by atoms with Gasteiger partial charge >= 0.3 is 6.18 Å². The highest BCUT2D eigenvalue weighted by Gasteiger charge is 2.34. The third-order valence-corrected chi connectivity index (χ3v) is 6.66. The van der Waals surface area contributed by atoms with Gasteiger partial charge in [-0.3, -0.25) is 0 Å². The molecule has 0 saturated carbocycles. The molecule has 2 aromatic carbocycles. The molecule has 8 nitrogen and oxygen atoms in total. The summed E-state index contributed by atoms with van der Waals surface area (Å²) in [6, 6.07) is 10.4. The fourth-order valence-electron chi connectivity index (χ4n) is 3.21. The topological polar surface area (TPSA) is 102 Å². The fraction of sp³-hybridized carbons (Fsp3) is 0.136. The van der Waals surface area contributed by atoms with Gasteiger partial charge in [0.25, 0.3) is 0 Å². The number of rotatable bonds is 7. The van der Waals surface area contributed by atoms with Crippen LogP contribution in [0.4, 0.5) is 29.2 Å². The van der Waals surface area contributed by atoms with Gasteiger partial charge in [-0.1, -0.05) is 30.7 Å². The first-order valence-electron chi connectivity index (χ1n) is 10.3. The second-order valence-corrected chi connectivity index (χ2v) is 9.53. The zero-order valence-electron chi connectivity index (χ0n) is 18.4. The van der Waals surface area contributed by atoms with E-state index in [0.717, 1.165) is 23.0 Å². The number of hydrogen-bond acceptors (Lipinski definition) is 6. The molecule has 2 N–H and O–H groups in total. The summed E-state index contributed by atoms with van der Waals surface area (Å²) < 4.78 is 81.3. The van der Waals surface area contributed by atoms with Crippen LogP contribution in [-0.4, -0.2) is 34.7 Å². The van der Waals surface area contributed by atoms with Gasteiger partial charge in [0, 0.05) is 30.2 Å². The Morgan fingerprint density at radius 1 is 1.11 bits per heavy atom. The summed E-state index contributed by atoms with van der Waals surface area (Å²) in [6.45, 7) is 1.80. The van der Waals surface area contributed by atoms with Gasteiger partial charge in [-0.15, -0.1) is 0 Å². The van der Waals surface area contributed by atoms with Crippen LogP contribution < -0.4 is 10.0 Å². The SMILES string of the molecule is CCNS(=O)(=O)c1cccc(-c2cnc(Nc3ccc(F)c(Cl)c3)nc2-n2ccc(C(F)(F)F)n2)c1. The second-order valence-electron chi connectivity index (χ2n) is 7.36. The van der Waals surface area contributed by atoms with E-state index in [4.69, 9.17) is 11.6 Å². The Morgan fingerprint density at radius 2 is 1.89 bits per heavy atom. The first-order valence-corrected chi connectivity index (χ1v) is 12.2.